The van der Waals surface area contributed by atoms with E-state index < -0.39 is 15.9 Å². The van der Waals surface area contributed by atoms with Gasteiger partial charge >= 0.3 is 0 Å². The van der Waals surface area contributed by atoms with Crippen LogP contribution in [-0.4, -0.2) is 29.2 Å². The van der Waals surface area contributed by atoms with Crippen LogP contribution in [0.4, 0.5) is 5.69 Å². The molecule has 6 nitrogen and oxygen atoms in total. The number of non-ortho nitro benzene ring substituents is 1. The number of ketones is 2. The van der Waals surface area contributed by atoms with E-state index in [0.717, 1.165) is 0 Å². The number of fused-ring (bicyclic) bond motifs is 1. The number of hydrogen-bond acceptors (Lipinski definition) is 5. The molecule has 138 valence electrons. The first-order valence-corrected chi connectivity index (χ1v) is 8.36. The first-order valence-electron chi connectivity index (χ1n) is 8.36. The number of Topliss-reactive ketones (excluding diaryl/α,β-unsaturated/α-hetero) is 2. The molecule has 0 saturated heterocycles. The quantitative estimate of drug-likeness (QED) is 0.601. The second-order valence-electron chi connectivity index (χ2n) is 7.00. The molecule has 0 amide bonds. The molecule has 0 fully saturated rings. The minimum Gasteiger partial charge on any atom is -0.364 e. The van der Waals surface area contributed by atoms with Crippen LogP contribution in [0.2, 0.25) is 0 Å². The SMILES string of the molecule is C=C(c1ccc([N+](=O)[O-])cc1)C1(OC)C(=O)c2ccccc2C(=O)C1(C)C. The van der Waals surface area contributed by atoms with E-state index in [4.69, 9.17) is 4.74 Å². The topological polar surface area (TPSA) is 86.5 Å². The van der Waals surface area contributed by atoms with E-state index in [1.165, 1.54) is 31.4 Å². The highest BCUT2D eigenvalue weighted by atomic mass is 16.6. The Morgan fingerprint density at radius 1 is 1.00 bits per heavy atom. The second kappa shape index (κ2) is 6.25. The number of methoxy groups -OCH3 is 1. The van der Waals surface area contributed by atoms with Gasteiger partial charge in [0.1, 0.15) is 0 Å². The van der Waals surface area contributed by atoms with Crippen LogP contribution in [0.3, 0.4) is 0 Å². The molecule has 0 saturated carbocycles. The molecule has 27 heavy (non-hydrogen) atoms. The Morgan fingerprint density at radius 2 is 1.52 bits per heavy atom. The Hall–Kier alpha value is -3.12. The molecule has 2 aromatic carbocycles. The lowest BCUT2D eigenvalue weighted by atomic mass is 9.58. The highest BCUT2D eigenvalue weighted by molar-refractivity contribution is 6.24. The fraction of sp³-hybridized carbons (Fsp3) is 0.238. The molecule has 0 radical (unpaired) electrons. The number of nitro groups is 1. The van der Waals surface area contributed by atoms with Gasteiger partial charge in [-0.1, -0.05) is 30.8 Å². The number of ether oxygens (including phenoxy) is 1. The van der Waals surface area contributed by atoms with Crippen LogP contribution in [0.1, 0.15) is 40.1 Å². The number of nitrogens with zero attached hydrogens (tertiary/aromatic N) is 1. The lowest BCUT2D eigenvalue weighted by molar-refractivity contribution is -0.384. The van der Waals surface area contributed by atoms with E-state index in [9.17, 15) is 19.7 Å². The normalized spacial score (nSPS) is 20.9. The van der Waals surface area contributed by atoms with Gasteiger partial charge in [0.25, 0.3) is 5.69 Å². The van der Waals surface area contributed by atoms with Gasteiger partial charge in [0.05, 0.1) is 10.3 Å². The third-order valence-electron chi connectivity index (χ3n) is 5.34. The van der Waals surface area contributed by atoms with Gasteiger partial charge in [-0.05, 0) is 37.1 Å². The van der Waals surface area contributed by atoms with E-state index in [-0.39, 0.29) is 28.4 Å². The molecule has 1 aliphatic carbocycles. The summed E-state index contributed by atoms with van der Waals surface area (Å²) in [5, 5.41) is 10.9. The molecule has 0 N–H and O–H groups in total. The van der Waals surface area contributed by atoms with Crippen LogP contribution in [-0.2, 0) is 4.74 Å². The van der Waals surface area contributed by atoms with Crippen molar-refractivity contribution in [2.45, 2.75) is 19.4 Å². The van der Waals surface area contributed by atoms with Crippen molar-refractivity contribution in [2.24, 2.45) is 5.41 Å². The van der Waals surface area contributed by atoms with E-state index in [2.05, 4.69) is 6.58 Å². The monoisotopic (exact) mass is 365 g/mol. The lowest BCUT2D eigenvalue weighted by Crippen LogP contribution is -2.60. The molecule has 0 heterocycles. The molecule has 3 rings (SSSR count). The van der Waals surface area contributed by atoms with Crippen LogP contribution in [0.5, 0.6) is 0 Å². The van der Waals surface area contributed by atoms with E-state index in [1.807, 2.05) is 0 Å². The average molecular weight is 365 g/mol. The van der Waals surface area contributed by atoms with Gasteiger partial charge in [0.15, 0.2) is 11.4 Å². The first kappa shape index (κ1) is 18.7. The zero-order valence-corrected chi connectivity index (χ0v) is 15.3. The van der Waals surface area contributed by atoms with Gasteiger partial charge in [-0.2, -0.15) is 0 Å². The predicted octanol–water partition coefficient (Wildman–Crippen LogP) is 4.10. The van der Waals surface area contributed by atoms with E-state index in [0.29, 0.717) is 11.1 Å². The number of hydrogen-bond donors (Lipinski definition) is 0. The van der Waals surface area contributed by atoms with E-state index >= 15 is 0 Å². The summed E-state index contributed by atoms with van der Waals surface area (Å²) < 4.78 is 5.72. The predicted molar refractivity (Wildman–Crippen MR) is 101 cm³/mol. The van der Waals surface area contributed by atoms with Crippen LogP contribution >= 0.6 is 0 Å². The lowest BCUT2D eigenvalue weighted by Gasteiger charge is -2.47. The Bertz CT molecular complexity index is 974. The molecule has 2 aromatic rings. The first-order chi connectivity index (χ1) is 12.7. The number of carbonyl (C=O) groups is 2. The molecular weight excluding hydrogens is 346 g/mol. The molecule has 1 atom stereocenters. The van der Waals surface area contributed by atoms with Gasteiger partial charge < -0.3 is 4.74 Å². The van der Waals surface area contributed by atoms with Crippen LogP contribution in [0.15, 0.2) is 55.1 Å². The molecule has 6 heteroatoms. The maximum Gasteiger partial charge on any atom is 0.269 e. The fourth-order valence-electron chi connectivity index (χ4n) is 3.82. The van der Waals surface area contributed by atoms with Crippen molar-refractivity contribution in [3.8, 4) is 0 Å². The maximum atomic E-state index is 13.5. The third-order valence-corrected chi connectivity index (χ3v) is 5.34. The average Bonchev–Trinajstić information content (AvgIpc) is 2.67. The molecule has 0 aliphatic heterocycles. The standard InChI is InChI=1S/C21H19NO5/c1-13(14-9-11-15(12-10-14)22(25)26)21(27-4)19(24)17-8-6-5-7-16(17)18(23)20(21,2)3/h5-12H,1H2,2-4H3. The Labute approximate surface area is 156 Å². The molecule has 0 spiro atoms. The van der Waals surface area contributed by atoms with Gasteiger partial charge in [-0.3, -0.25) is 19.7 Å². The van der Waals surface area contributed by atoms with Crippen molar-refractivity contribution in [2.75, 3.05) is 7.11 Å². The molecule has 0 bridgehead atoms. The summed E-state index contributed by atoms with van der Waals surface area (Å²) in [4.78, 5) is 37.0. The number of rotatable bonds is 4. The summed E-state index contributed by atoms with van der Waals surface area (Å²) in [6.45, 7) is 7.36. The van der Waals surface area contributed by atoms with Gasteiger partial charge in [-0.15, -0.1) is 0 Å². The number of carbonyl (C=O) groups excluding carboxylic acids is 2. The summed E-state index contributed by atoms with van der Waals surface area (Å²) in [6, 6.07) is 12.3. The maximum absolute atomic E-state index is 13.5. The zero-order valence-electron chi connectivity index (χ0n) is 15.3. The Balaban J connectivity index is 2.20. The van der Waals surface area contributed by atoms with E-state index in [1.54, 1.807) is 38.1 Å². The molecule has 0 aromatic heterocycles. The van der Waals surface area contributed by atoms with Crippen LogP contribution in [0, 0.1) is 15.5 Å². The summed E-state index contributed by atoms with van der Waals surface area (Å²) in [5.41, 5.74) is -1.48. The van der Waals surface area contributed by atoms with Crippen molar-refractivity contribution < 1.29 is 19.2 Å². The summed E-state index contributed by atoms with van der Waals surface area (Å²) >= 11 is 0. The van der Waals surface area contributed by atoms with Crippen LogP contribution < -0.4 is 0 Å². The van der Waals surface area contributed by atoms with Crippen molar-refractivity contribution in [1.82, 2.24) is 0 Å². The smallest absolute Gasteiger partial charge is 0.269 e. The number of nitro benzene ring substituents is 1. The number of benzene rings is 2. The Morgan fingerprint density at radius 3 is 2.00 bits per heavy atom. The largest absolute Gasteiger partial charge is 0.364 e. The van der Waals surface area contributed by atoms with Crippen molar-refractivity contribution in [1.29, 1.82) is 0 Å². The minimum absolute atomic E-state index is 0.0753. The molecular formula is C21H19NO5. The molecule has 1 unspecified atom stereocenters. The van der Waals surface area contributed by atoms with Gasteiger partial charge in [-0.25, -0.2) is 0 Å². The third kappa shape index (κ3) is 2.44. The van der Waals surface area contributed by atoms with Crippen molar-refractivity contribution in [3.63, 3.8) is 0 Å². The van der Waals surface area contributed by atoms with Crippen molar-refractivity contribution >= 4 is 22.8 Å². The molecule has 1 aliphatic rings. The highest BCUT2D eigenvalue weighted by Gasteiger charge is 2.61. The fourth-order valence-corrected chi connectivity index (χ4v) is 3.82. The second-order valence-corrected chi connectivity index (χ2v) is 7.00. The zero-order chi connectivity index (χ0) is 20.0. The Kier molecular flexibility index (Phi) is 4.32. The highest BCUT2D eigenvalue weighted by Crippen LogP contribution is 2.50. The van der Waals surface area contributed by atoms with Crippen molar-refractivity contribution in [3.05, 3.63) is 81.9 Å². The van der Waals surface area contributed by atoms with Gasteiger partial charge in [0.2, 0.25) is 5.78 Å². The summed E-state index contributed by atoms with van der Waals surface area (Å²) in [7, 11) is 1.37. The van der Waals surface area contributed by atoms with Crippen LogP contribution in [0.25, 0.3) is 5.57 Å². The minimum atomic E-state index is -1.62. The van der Waals surface area contributed by atoms with Gasteiger partial charge in [0, 0.05) is 30.4 Å². The summed E-state index contributed by atoms with van der Waals surface area (Å²) in [6.07, 6.45) is 0. The summed E-state index contributed by atoms with van der Waals surface area (Å²) in [5.74, 6) is -0.573.